The summed E-state index contributed by atoms with van der Waals surface area (Å²) in [6.45, 7) is 6.49. The van der Waals surface area contributed by atoms with Crippen molar-refractivity contribution in [2.75, 3.05) is 0 Å². The third kappa shape index (κ3) is 4.85. The summed E-state index contributed by atoms with van der Waals surface area (Å²) in [5, 5.41) is 0. The van der Waals surface area contributed by atoms with Gasteiger partial charge in [-0.3, -0.25) is 0 Å². The van der Waals surface area contributed by atoms with Crippen molar-refractivity contribution in [2.45, 2.75) is 43.1 Å². The molecule has 2 nitrogen and oxygen atoms in total. The standard InChI is InChI=1S/C8H10N.C3H6IOS.C2H5.Sn/c1-7(9)8-5-3-2-4-6-8;1-2-3(5)6-4;1-2;/h2-5,7H,9H2,1H3;3H,2H2,1H3;1H2,2H3;/q;-1;;+1. The Kier molecular flexibility index (Phi) is 8.58. The van der Waals surface area contributed by atoms with Gasteiger partial charge in [-0.1, -0.05) is 0 Å². The Morgan fingerprint density at radius 1 is 1.39 bits per heavy atom. The zero-order chi connectivity index (χ0) is 13.5. The molecule has 5 heteroatoms. The van der Waals surface area contributed by atoms with Crippen molar-refractivity contribution in [1.82, 2.24) is 0 Å². The first-order chi connectivity index (χ1) is 8.63. The van der Waals surface area contributed by atoms with Crippen LogP contribution < -0.4 is 9.31 Å². The molecule has 0 amide bonds. The third-order valence-corrected chi connectivity index (χ3v) is 12.1. The first-order valence-corrected chi connectivity index (χ1v) is 14.3. The van der Waals surface area contributed by atoms with E-state index in [9.17, 15) is 0 Å². The van der Waals surface area contributed by atoms with Crippen LogP contribution in [0.4, 0.5) is 0 Å². The second-order valence-electron chi connectivity index (χ2n) is 4.20. The number of rotatable bonds is 7. The molecule has 1 rings (SSSR count). The molecule has 0 saturated carbocycles. The van der Waals surface area contributed by atoms with E-state index in [1.807, 2.05) is 0 Å². The molecule has 2 unspecified atom stereocenters. The summed E-state index contributed by atoms with van der Waals surface area (Å²) in [7, 11) is 1.79. The zero-order valence-electron chi connectivity index (χ0n) is 11.2. The maximum absolute atomic E-state index is 6.37. The van der Waals surface area contributed by atoms with Crippen LogP contribution in [0.15, 0.2) is 24.3 Å². The van der Waals surface area contributed by atoms with Gasteiger partial charge in [-0.25, -0.2) is 0 Å². The van der Waals surface area contributed by atoms with Crippen LogP contribution >= 0.6 is 30.1 Å². The van der Waals surface area contributed by atoms with Crippen molar-refractivity contribution in [3.8, 4) is 0 Å². The van der Waals surface area contributed by atoms with E-state index in [0.29, 0.717) is 5.44 Å². The first kappa shape index (κ1) is 17.1. The average molecular weight is 485 g/mol. The average Bonchev–Trinajstić information content (AvgIpc) is 2.40. The molecule has 0 spiro atoms. The molecule has 0 aliphatic carbocycles. The molecule has 1 aromatic carbocycles. The van der Waals surface area contributed by atoms with Crippen molar-refractivity contribution in [3.05, 3.63) is 29.8 Å². The summed E-state index contributed by atoms with van der Waals surface area (Å²) < 4.78 is 8.97. The van der Waals surface area contributed by atoms with E-state index in [0.717, 1.165) is 6.42 Å². The molecule has 0 bridgehead atoms. The van der Waals surface area contributed by atoms with Crippen LogP contribution in [0.5, 0.6) is 0 Å². The van der Waals surface area contributed by atoms with E-state index < -0.39 is 20.2 Å². The molecular weight excluding hydrogens is 464 g/mol. The summed E-state index contributed by atoms with van der Waals surface area (Å²) in [6, 6.07) is 8.65. The SMILES string of the molecule is CCC([O][Sn]([CH2]C)[c]1ccccc1C(C)N)SI. The van der Waals surface area contributed by atoms with Crippen LogP contribution in [-0.4, -0.2) is 25.6 Å². The topological polar surface area (TPSA) is 35.2 Å². The van der Waals surface area contributed by atoms with Crippen LogP contribution in [-0.2, 0) is 3.07 Å². The molecule has 2 N–H and O–H groups in total. The van der Waals surface area contributed by atoms with Gasteiger partial charge in [0.25, 0.3) is 0 Å². The van der Waals surface area contributed by atoms with Gasteiger partial charge in [0.1, 0.15) is 0 Å². The molecule has 0 heterocycles. The number of hydrogen-bond acceptors (Lipinski definition) is 3. The van der Waals surface area contributed by atoms with Gasteiger partial charge in [-0.05, 0) is 0 Å². The van der Waals surface area contributed by atoms with E-state index in [2.05, 4.69) is 66.2 Å². The quantitative estimate of drug-likeness (QED) is 0.363. The van der Waals surface area contributed by atoms with Gasteiger partial charge in [0.15, 0.2) is 0 Å². The minimum absolute atomic E-state index is 0.0966. The van der Waals surface area contributed by atoms with Gasteiger partial charge in [-0.2, -0.15) is 0 Å². The van der Waals surface area contributed by atoms with E-state index in [-0.39, 0.29) is 6.04 Å². The van der Waals surface area contributed by atoms with Crippen molar-refractivity contribution in [2.24, 2.45) is 5.73 Å². The monoisotopic (exact) mass is 486 g/mol. The predicted molar refractivity (Wildman–Crippen MR) is 91.7 cm³/mol. The van der Waals surface area contributed by atoms with Crippen molar-refractivity contribution < 1.29 is 3.07 Å². The van der Waals surface area contributed by atoms with E-state index in [4.69, 9.17) is 8.81 Å². The number of nitrogens with two attached hydrogens (primary N) is 1. The van der Waals surface area contributed by atoms with Gasteiger partial charge < -0.3 is 0 Å². The summed E-state index contributed by atoms with van der Waals surface area (Å²) in [4.78, 5) is 0. The fraction of sp³-hybridized carbons (Fsp3) is 0.538. The van der Waals surface area contributed by atoms with Gasteiger partial charge >= 0.3 is 136 Å². The van der Waals surface area contributed by atoms with E-state index in [1.54, 1.807) is 8.93 Å². The Morgan fingerprint density at radius 3 is 2.56 bits per heavy atom. The summed E-state index contributed by atoms with van der Waals surface area (Å²) in [5.41, 5.74) is 7.69. The summed E-state index contributed by atoms with van der Waals surface area (Å²) in [6.07, 6.45) is 1.07. The van der Waals surface area contributed by atoms with Crippen LogP contribution in [0.1, 0.15) is 38.8 Å². The molecule has 1 radical (unpaired) electrons. The van der Waals surface area contributed by atoms with Crippen molar-refractivity contribution >= 4 is 53.9 Å². The molecule has 0 fully saturated rings. The fourth-order valence-corrected chi connectivity index (χ4v) is 12.1. The first-order valence-electron chi connectivity index (χ1n) is 6.28. The molecule has 0 aliphatic heterocycles. The minimum atomic E-state index is -1.99. The predicted octanol–water partition coefficient (Wildman–Crippen LogP) is 3.76. The Bertz CT molecular complexity index is 361. The van der Waals surface area contributed by atoms with Gasteiger partial charge in [0, 0.05) is 0 Å². The number of hydrogen-bond donors (Lipinski definition) is 1. The second kappa shape index (κ2) is 9.05. The third-order valence-electron chi connectivity index (χ3n) is 2.78. The van der Waals surface area contributed by atoms with Gasteiger partial charge in [-0.15, -0.1) is 0 Å². The molecule has 18 heavy (non-hydrogen) atoms. The fourth-order valence-electron chi connectivity index (χ4n) is 1.81. The van der Waals surface area contributed by atoms with Gasteiger partial charge in [0.05, 0.1) is 0 Å². The number of halogens is 1. The molecule has 0 saturated heterocycles. The van der Waals surface area contributed by atoms with Gasteiger partial charge in [0.2, 0.25) is 0 Å². The Morgan fingerprint density at radius 2 is 2.06 bits per heavy atom. The van der Waals surface area contributed by atoms with Crippen LogP contribution in [0.3, 0.4) is 0 Å². The molecular formula is C13H21INOSSn. The van der Waals surface area contributed by atoms with Crippen LogP contribution in [0, 0.1) is 0 Å². The van der Waals surface area contributed by atoms with Crippen molar-refractivity contribution in [3.63, 3.8) is 0 Å². The Labute approximate surface area is 134 Å². The molecule has 0 aliphatic rings. The zero-order valence-corrected chi connectivity index (χ0v) is 17.0. The second-order valence-corrected chi connectivity index (χ2v) is 13.1. The molecule has 101 valence electrons. The van der Waals surface area contributed by atoms with E-state index >= 15 is 0 Å². The number of benzene rings is 1. The maximum atomic E-state index is 6.37. The molecule has 2 atom stereocenters. The summed E-state index contributed by atoms with van der Waals surface area (Å²) >= 11 is 0.348. The van der Waals surface area contributed by atoms with Crippen molar-refractivity contribution in [1.29, 1.82) is 0 Å². The Balaban J connectivity index is 2.94. The van der Waals surface area contributed by atoms with Crippen LogP contribution in [0.25, 0.3) is 0 Å². The molecule has 0 aromatic heterocycles. The van der Waals surface area contributed by atoms with E-state index in [1.165, 1.54) is 13.6 Å². The Hall–Kier alpha value is 1.02. The molecule has 1 aromatic rings. The summed E-state index contributed by atoms with van der Waals surface area (Å²) in [5.74, 6) is 0. The normalized spacial score (nSPS) is 14.8. The van der Waals surface area contributed by atoms with Crippen LogP contribution in [0.2, 0.25) is 4.44 Å².